The van der Waals surface area contributed by atoms with Gasteiger partial charge < -0.3 is 14.3 Å². The summed E-state index contributed by atoms with van der Waals surface area (Å²) in [6.07, 6.45) is -1.51. The Kier molecular flexibility index (Phi) is 4.65. The van der Waals surface area contributed by atoms with Crippen LogP contribution in [0.3, 0.4) is 0 Å². The predicted molar refractivity (Wildman–Crippen MR) is 82.5 cm³/mol. The molecule has 2 aromatic rings. The van der Waals surface area contributed by atoms with Crippen LogP contribution in [0, 0.1) is 5.92 Å². The number of hydrogen-bond donors (Lipinski definition) is 0. The molecule has 0 aromatic carbocycles. The number of alkyl halides is 3. The molecule has 1 fully saturated rings. The number of nitrogens with zero attached hydrogens (tertiary/aromatic N) is 4. The zero-order chi connectivity index (χ0) is 18.0. The van der Waals surface area contributed by atoms with Crippen LogP contribution in [0.25, 0.3) is 0 Å². The summed E-state index contributed by atoms with van der Waals surface area (Å²) in [7, 11) is 1.69. The largest absolute Gasteiger partial charge is 0.417 e. The van der Waals surface area contributed by atoms with E-state index in [4.69, 9.17) is 4.52 Å². The van der Waals surface area contributed by atoms with Crippen LogP contribution in [0.4, 0.5) is 19.0 Å². The van der Waals surface area contributed by atoms with Gasteiger partial charge in [0, 0.05) is 32.4 Å². The molecule has 25 heavy (non-hydrogen) atoms. The molecule has 1 aliphatic heterocycles. The highest BCUT2D eigenvalue weighted by Gasteiger charge is 2.33. The van der Waals surface area contributed by atoms with Crippen molar-refractivity contribution in [1.82, 2.24) is 15.0 Å². The smallest absolute Gasteiger partial charge is 0.364 e. The lowest BCUT2D eigenvalue weighted by atomic mass is 10.1. The lowest BCUT2D eigenvalue weighted by Gasteiger charge is -2.21. The zero-order valence-corrected chi connectivity index (χ0v) is 13.5. The van der Waals surface area contributed by atoms with Crippen LogP contribution in [0.15, 0.2) is 35.2 Å². The van der Waals surface area contributed by atoms with E-state index in [1.165, 1.54) is 12.3 Å². The third kappa shape index (κ3) is 3.92. The summed E-state index contributed by atoms with van der Waals surface area (Å²) in [5, 5.41) is 3.77. The van der Waals surface area contributed by atoms with Gasteiger partial charge in [-0.25, -0.2) is 4.98 Å². The first-order valence-corrected chi connectivity index (χ1v) is 7.77. The standard InChI is InChI=1S/C16H17F3N4O2/c1-22(10-13-5-7-25-21-13)15(24)11-4-6-23(9-11)14-3-2-12(8-20-14)16(17,18)19/h2-3,5,7-8,11H,4,6,9-10H2,1H3/t11-/m0/s1. The van der Waals surface area contributed by atoms with Crippen molar-refractivity contribution in [1.29, 1.82) is 0 Å². The second-order valence-corrected chi connectivity index (χ2v) is 6.02. The van der Waals surface area contributed by atoms with Crippen molar-refractivity contribution in [3.05, 3.63) is 41.9 Å². The molecule has 1 amide bonds. The summed E-state index contributed by atoms with van der Waals surface area (Å²) < 4.78 is 42.5. The first-order valence-electron chi connectivity index (χ1n) is 7.77. The number of carbonyl (C=O) groups is 1. The number of amides is 1. The fraction of sp³-hybridized carbons (Fsp3) is 0.438. The normalized spacial score (nSPS) is 17.8. The number of aromatic nitrogens is 2. The quantitative estimate of drug-likeness (QED) is 0.845. The minimum atomic E-state index is -4.40. The number of rotatable bonds is 4. The summed E-state index contributed by atoms with van der Waals surface area (Å²) in [6, 6.07) is 4.04. The van der Waals surface area contributed by atoms with E-state index in [0.717, 1.165) is 12.3 Å². The zero-order valence-electron chi connectivity index (χ0n) is 13.5. The second kappa shape index (κ2) is 6.73. The molecule has 0 N–H and O–H groups in total. The van der Waals surface area contributed by atoms with Gasteiger partial charge in [-0.2, -0.15) is 13.2 Å². The molecule has 2 aromatic heterocycles. The molecule has 0 unspecified atom stereocenters. The summed E-state index contributed by atoms with van der Waals surface area (Å²) in [4.78, 5) is 19.8. The highest BCUT2D eigenvalue weighted by atomic mass is 19.4. The number of halogens is 3. The minimum absolute atomic E-state index is 0.0302. The molecule has 1 saturated heterocycles. The van der Waals surface area contributed by atoms with Gasteiger partial charge in [0.15, 0.2) is 0 Å². The van der Waals surface area contributed by atoms with Crippen molar-refractivity contribution in [2.75, 3.05) is 25.0 Å². The first-order chi connectivity index (χ1) is 11.8. The summed E-state index contributed by atoms with van der Waals surface area (Å²) in [5.74, 6) is 0.195. The van der Waals surface area contributed by atoms with E-state index >= 15 is 0 Å². The molecular weight excluding hydrogens is 337 g/mol. The van der Waals surface area contributed by atoms with Gasteiger partial charge in [-0.15, -0.1) is 0 Å². The maximum Gasteiger partial charge on any atom is 0.417 e. The summed E-state index contributed by atoms with van der Waals surface area (Å²) >= 11 is 0. The van der Waals surface area contributed by atoms with E-state index in [1.54, 1.807) is 18.0 Å². The molecule has 0 saturated carbocycles. The van der Waals surface area contributed by atoms with E-state index in [1.807, 2.05) is 4.90 Å². The van der Waals surface area contributed by atoms with Crippen LogP contribution in [0.5, 0.6) is 0 Å². The van der Waals surface area contributed by atoms with Crippen LogP contribution < -0.4 is 4.90 Å². The summed E-state index contributed by atoms with van der Waals surface area (Å²) in [6.45, 7) is 1.36. The van der Waals surface area contributed by atoms with E-state index in [-0.39, 0.29) is 11.8 Å². The van der Waals surface area contributed by atoms with Crippen molar-refractivity contribution in [3.63, 3.8) is 0 Å². The van der Waals surface area contributed by atoms with Crippen molar-refractivity contribution in [3.8, 4) is 0 Å². The Morgan fingerprint density at radius 1 is 1.40 bits per heavy atom. The number of anilines is 1. The van der Waals surface area contributed by atoms with Gasteiger partial charge in [0.1, 0.15) is 17.8 Å². The van der Waals surface area contributed by atoms with Crippen LogP contribution >= 0.6 is 0 Å². The van der Waals surface area contributed by atoms with Crippen LogP contribution in [-0.2, 0) is 17.5 Å². The van der Waals surface area contributed by atoms with Gasteiger partial charge >= 0.3 is 6.18 Å². The minimum Gasteiger partial charge on any atom is -0.364 e. The van der Waals surface area contributed by atoms with E-state index in [2.05, 4.69) is 10.1 Å². The number of carbonyl (C=O) groups excluding carboxylic acids is 1. The third-order valence-electron chi connectivity index (χ3n) is 4.20. The topological polar surface area (TPSA) is 62.5 Å². The van der Waals surface area contributed by atoms with Gasteiger partial charge in [-0.1, -0.05) is 5.16 Å². The monoisotopic (exact) mass is 354 g/mol. The average molecular weight is 354 g/mol. The van der Waals surface area contributed by atoms with Gasteiger partial charge in [0.05, 0.1) is 18.0 Å². The van der Waals surface area contributed by atoms with E-state index in [0.29, 0.717) is 37.6 Å². The summed E-state index contributed by atoms with van der Waals surface area (Å²) in [5.41, 5.74) is -0.120. The van der Waals surface area contributed by atoms with Crippen molar-refractivity contribution in [2.45, 2.75) is 19.1 Å². The molecule has 134 valence electrons. The molecule has 0 spiro atoms. The lowest BCUT2D eigenvalue weighted by molar-refractivity contribution is -0.137. The molecule has 0 bridgehead atoms. The Balaban J connectivity index is 1.60. The number of pyridine rings is 1. The highest BCUT2D eigenvalue weighted by molar-refractivity contribution is 5.80. The second-order valence-electron chi connectivity index (χ2n) is 6.02. The molecule has 9 heteroatoms. The Hall–Kier alpha value is -2.58. The maximum absolute atomic E-state index is 12.6. The van der Waals surface area contributed by atoms with Gasteiger partial charge in [-0.05, 0) is 18.6 Å². The van der Waals surface area contributed by atoms with Crippen LogP contribution in [-0.4, -0.2) is 41.1 Å². The molecule has 1 atom stereocenters. The van der Waals surface area contributed by atoms with E-state index < -0.39 is 11.7 Å². The van der Waals surface area contributed by atoms with Crippen molar-refractivity contribution in [2.24, 2.45) is 5.92 Å². The fourth-order valence-electron chi connectivity index (χ4n) is 2.86. The van der Waals surface area contributed by atoms with Crippen LogP contribution in [0.2, 0.25) is 0 Å². The predicted octanol–water partition coefficient (Wildman–Crippen LogP) is 2.57. The SMILES string of the molecule is CN(Cc1ccon1)C(=O)[C@H]1CCN(c2ccc(C(F)(F)F)cn2)C1. The Bertz CT molecular complexity index is 716. The molecule has 1 aliphatic rings. The molecule has 0 aliphatic carbocycles. The van der Waals surface area contributed by atoms with Crippen LogP contribution in [0.1, 0.15) is 17.7 Å². The molecule has 6 nitrogen and oxygen atoms in total. The average Bonchev–Trinajstić information content (AvgIpc) is 3.25. The van der Waals surface area contributed by atoms with Gasteiger partial charge in [0.2, 0.25) is 5.91 Å². The van der Waals surface area contributed by atoms with Gasteiger partial charge in [-0.3, -0.25) is 4.79 Å². The highest BCUT2D eigenvalue weighted by Crippen LogP contribution is 2.30. The maximum atomic E-state index is 12.6. The molecular formula is C16H17F3N4O2. The molecule has 3 rings (SSSR count). The Morgan fingerprint density at radius 3 is 2.80 bits per heavy atom. The molecule has 3 heterocycles. The van der Waals surface area contributed by atoms with Gasteiger partial charge in [0.25, 0.3) is 0 Å². The Labute approximate surface area is 142 Å². The van der Waals surface area contributed by atoms with E-state index in [9.17, 15) is 18.0 Å². The first kappa shape index (κ1) is 17.2. The molecule has 0 radical (unpaired) electrons. The fourth-order valence-corrected chi connectivity index (χ4v) is 2.86. The lowest BCUT2D eigenvalue weighted by Crippen LogP contribution is -2.34. The number of hydrogen-bond acceptors (Lipinski definition) is 5. The van der Waals surface area contributed by atoms with Crippen molar-refractivity contribution < 1.29 is 22.5 Å². The van der Waals surface area contributed by atoms with Crippen molar-refractivity contribution >= 4 is 11.7 Å². The Morgan fingerprint density at radius 2 is 2.20 bits per heavy atom. The third-order valence-corrected chi connectivity index (χ3v) is 4.20.